The fourth-order valence-corrected chi connectivity index (χ4v) is 4.63. The molecule has 0 unspecified atom stereocenters. The highest BCUT2D eigenvalue weighted by Crippen LogP contribution is 2.44. The fourth-order valence-electron chi connectivity index (χ4n) is 4.63. The monoisotopic (exact) mass is 324 g/mol. The summed E-state index contributed by atoms with van der Waals surface area (Å²) in [6.07, 6.45) is 6.09. The van der Waals surface area contributed by atoms with Crippen LogP contribution in [0.4, 0.5) is 13.2 Å². The molecule has 2 saturated carbocycles. The molecule has 0 heterocycles. The number of hydrogen-bond acceptors (Lipinski definition) is 0. The van der Waals surface area contributed by atoms with Crippen molar-refractivity contribution < 1.29 is 13.2 Å². The SMILES string of the molecule is CC1CCC(C2CCC(c3ccc(C(F)(F)F)cc3)CC2)CC1. The average molecular weight is 324 g/mol. The molecule has 0 radical (unpaired) electrons. The lowest BCUT2D eigenvalue weighted by atomic mass is 9.68. The Morgan fingerprint density at radius 1 is 0.739 bits per heavy atom. The van der Waals surface area contributed by atoms with Crippen molar-refractivity contribution in [1.82, 2.24) is 0 Å². The number of hydrogen-bond donors (Lipinski definition) is 0. The van der Waals surface area contributed by atoms with Gasteiger partial charge in [-0.15, -0.1) is 0 Å². The zero-order chi connectivity index (χ0) is 16.4. The van der Waals surface area contributed by atoms with Crippen LogP contribution in [0, 0.1) is 17.8 Å². The van der Waals surface area contributed by atoms with Gasteiger partial charge in [0.15, 0.2) is 0 Å². The lowest BCUT2D eigenvalue weighted by molar-refractivity contribution is -0.137. The molecule has 2 fully saturated rings. The molecule has 2 aliphatic carbocycles. The van der Waals surface area contributed by atoms with E-state index in [1.807, 2.05) is 0 Å². The van der Waals surface area contributed by atoms with Gasteiger partial charge in [-0.1, -0.05) is 31.9 Å². The molecule has 23 heavy (non-hydrogen) atoms. The lowest BCUT2D eigenvalue weighted by Crippen LogP contribution is -2.24. The smallest absolute Gasteiger partial charge is 0.166 e. The van der Waals surface area contributed by atoms with Gasteiger partial charge < -0.3 is 0 Å². The van der Waals surface area contributed by atoms with E-state index in [1.54, 1.807) is 12.1 Å². The Hall–Kier alpha value is -0.990. The van der Waals surface area contributed by atoms with Crippen LogP contribution in [0.15, 0.2) is 24.3 Å². The van der Waals surface area contributed by atoms with Crippen LogP contribution in [0.25, 0.3) is 0 Å². The molecular weight excluding hydrogens is 297 g/mol. The summed E-state index contributed by atoms with van der Waals surface area (Å²) in [6.45, 7) is 2.36. The number of rotatable bonds is 2. The Kier molecular flexibility index (Phi) is 5.03. The van der Waals surface area contributed by atoms with E-state index in [0.717, 1.165) is 36.2 Å². The summed E-state index contributed by atoms with van der Waals surface area (Å²) in [7, 11) is 0. The molecule has 0 nitrogen and oxygen atoms in total. The van der Waals surface area contributed by atoms with E-state index in [-0.39, 0.29) is 0 Å². The number of benzene rings is 1. The predicted molar refractivity (Wildman–Crippen MR) is 87.3 cm³/mol. The summed E-state index contributed by atoms with van der Waals surface area (Å²) >= 11 is 0. The highest BCUT2D eigenvalue weighted by molar-refractivity contribution is 5.27. The third-order valence-electron chi connectivity index (χ3n) is 6.21. The summed E-state index contributed by atoms with van der Waals surface area (Å²) in [4.78, 5) is 0. The van der Waals surface area contributed by atoms with Gasteiger partial charge >= 0.3 is 6.18 Å². The predicted octanol–water partition coefficient (Wildman–Crippen LogP) is 6.81. The van der Waals surface area contributed by atoms with Crippen LogP contribution in [0.3, 0.4) is 0 Å². The normalized spacial score (nSPS) is 32.7. The van der Waals surface area contributed by atoms with Crippen LogP contribution in [0.5, 0.6) is 0 Å². The van der Waals surface area contributed by atoms with Crippen molar-refractivity contribution in [2.24, 2.45) is 17.8 Å². The van der Waals surface area contributed by atoms with E-state index in [9.17, 15) is 13.2 Å². The van der Waals surface area contributed by atoms with Crippen molar-refractivity contribution >= 4 is 0 Å². The van der Waals surface area contributed by atoms with Gasteiger partial charge in [0.1, 0.15) is 0 Å². The van der Waals surface area contributed by atoms with E-state index in [2.05, 4.69) is 6.92 Å². The summed E-state index contributed by atoms with van der Waals surface area (Å²) in [6, 6.07) is 5.86. The molecule has 0 aromatic heterocycles. The third-order valence-corrected chi connectivity index (χ3v) is 6.21. The van der Waals surface area contributed by atoms with Gasteiger partial charge in [-0.3, -0.25) is 0 Å². The highest BCUT2D eigenvalue weighted by Gasteiger charge is 2.32. The minimum atomic E-state index is -4.23. The molecular formula is C20H27F3. The highest BCUT2D eigenvalue weighted by atomic mass is 19.4. The Morgan fingerprint density at radius 2 is 1.22 bits per heavy atom. The topological polar surface area (TPSA) is 0 Å². The van der Waals surface area contributed by atoms with Crippen molar-refractivity contribution in [1.29, 1.82) is 0 Å². The van der Waals surface area contributed by atoms with Crippen LogP contribution in [-0.4, -0.2) is 0 Å². The summed E-state index contributed by atoms with van der Waals surface area (Å²) in [5.41, 5.74) is 0.556. The lowest BCUT2D eigenvalue weighted by Gasteiger charge is -2.37. The Labute approximate surface area is 137 Å². The van der Waals surface area contributed by atoms with E-state index >= 15 is 0 Å². The molecule has 0 atom stereocenters. The largest absolute Gasteiger partial charge is 0.416 e. The maximum Gasteiger partial charge on any atom is 0.416 e. The van der Waals surface area contributed by atoms with Gasteiger partial charge in [-0.05, 0) is 79.9 Å². The molecule has 0 aliphatic heterocycles. The zero-order valence-corrected chi connectivity index (χ0v) is 13.9. The van der Waals surface area contributed by atoms with Gasteiger partial charge in [-0.25, -0.2) is 0 Å². The quantitative estimate of drug-likeness (QED) is 0.561. The van der Waals surface area contributed by atoms with E-state index in [4.69, 9.17) is 0 Å². The molecule has 3 rings (SSSR count). The Morgan fingerprint density at radius 3 is 1.70 bits per heavy atom. The maximum atomic E-state index is 12.6. The second-order valence-corrected chi connectivity index (χ2v) is 7.75. The van der Waals surface area contributed by atoms with Gasteiger partial charge in [0.25, 0.3) is 0 Å². The molecule has 0 amide bonds. The second-order valence-electron chi connectivity index (χ2n) is 7.75. The third kappa shape index (κ3) is 4.10. The Bertz CT molecular complexity index is 487. The average Bonchev–Trinajstić information content (AvgIpc) is 2.55. The minimum Gasteiger partial charge on any atom is -0.166 e. The van der Waals surface area contributed by atoms with E-state index < -0.39 is 11.7 Å². The van der Waals surface area contributed by atoms with Gasteiger partial charge in [0.2, 0.25) is 0 Å². The summed E-state index contributed by atoms with van der Waals surface area (Å²) in [5.74, 6) is 3.11. The maximum absolute atomic E-state index is 12.6. The van der Waals surface area contributed by atoms with E-state index in [0.29, 0.717) is 5.92 Å². The molecule has 128 valence electrons. The molecule has 0 spiro atoms. The van der Waals surface area contributed by atoms with Crippen molar-refractivity contribution in [3.05, 3.63) is 35.4 Å². The van der Waals surface area contributed by atoms with E-state index in [1.165, 1.54) is 50.7 Å². The van der Waals surface area contributed by atoms with Gasteiger partial charge in [0, 0.05) is 0 Å². The molecule has 1 aromatic rings. The van der Waals surface area contributed by atoms with Crippen LogP contribution in [-0.2, 0) is 6.18 Å². The van der Waals surface area contributed by atoms with Crippen LogP contribution in [0.1, 0.15) is 75.3 Å². The first-order chi connectivity index (χ1) is 10.9. The zero-order valence-electron chi connectivity index (χ0n) is 13.9. The second kappa shape index (κ2) is 6.86. The molecule has 0 N–H and O–H groups in total. The standard InChI is InChI=1S/C20H27F3/c1-14-2-4-15(5-3-14)16-6-8-17(9-7-16)18-10-12-19(13-11-18)20(21,22)23/h10-17H,2-9H2,1H3. The van der Waals surface area contributed by atoms with Gasteiger partial charge in [-0.2, -0.15) is 13.2 Å². The minimum absolute atomic E-state index is 0.455. The van der Waals surface area contributed by atoms with Crippen molar-refractivity contribution in [2.75, 3.05) is 0 Å². The van der Waals surface area contributed by atoms with Crippen molar-refractivity contribution in [3.8, 4) is 0 Å². The molecule has 3 heteroatoms. The van der Waals surface area contributed by atoms with Crippen molar-refractivity contribution in [3.63, 3.8) is 0 Å². The van der Waals surface area contributed by atoms with Crippen molar-refractivity contribution in [2.45, 2.75) is 70.4 Å². The first kappa shape index (κ1) is 16.9. The van der Waals surface area contributed by atoms with Gasteiger partial charge in [0.05, 0.1) is 5.56 Å². The first-order valence-corrected chi connectivity index (χ1v) is 9.10. The summed E-state index contributed by atoms with van der Waals surface area (Å²) < 4.78 is 37.9. The number of alkyl halides is 3. The molecule has 0 bridgehead atoms. The first-order valence-electron chi connectivity index (χ1n) is 9.10. The Balaban J connectivity index is 1.54. The number of halogens is 3. The van der Waals surface area contributed by atoms with Crippen LogP contribution >= 0.6 is 0 Å². The molecule has 0 saturated heterocycles. The molecule has 1 aromatic carbocycles. The van der Waals surface area contributed by atoms with Crippen LogP contribution < -0.4 is 0 Å². The summed E-state index contributed by atoms with van der Waals surface area (Å²) in [5, 5.41) is 0. The molecule has 2 aliphatic rings. The fraction of sp³-hybridized carbons (Fsp3) is 0.700. The van der Waals surface area contributed by atoms with Crippen LogP contribution in [0.2, 0.25) is 0 Å².